The lowest BCUT2D eigenvalue weighted by Gasteiger charge is -1.96. The van der Waals surface area contributed by atoms with Gasteiger partial charge in [-0.25, -0.2) is 0 Å². The highest BCUT2D eigenvalue weighted by Gasteiger charge is 1.74. The Morgan fingerprint density at radius 1 is 0.900 bits per heavy atom. The van der Waals surface area contributed by atoms with Gasteiger partial charge in [-0.2, -0.15) is 0 Å². The molecular formula is C6H14N2O2. The Kier molecular flexibility index (Phi) is 7.65. The van der Waals surface area contributed by atoms with Gasteiger partial charge in [-0.3, -0.25) is 0 Å². The van der Waals surface area contributed by atoms with Gasteiger partial charge in [-0.15, -0.1) is 0 Å². The quantitative estimate of drug-likeness (QED) is 0.349. The number of hydrogen-bond acceptors (Lipinski definition) is 4. The van der Waals surface area contributed by atoms with Crippen molar-refractivity contribution < 1.29 is 10.2 Å². The van der Waals surface area contributed by atoms with E-state index in [0.29, 0.717) is 13.1 Å². The van der Waals surface area contributed by atoms with Gasteiger partial charge in [0, 0.05) is 25.5 Å². The molecule has 0 rings (SSSR count). The number of aliphatic hydroxyl groups is 2. The third-order valence-corrected chi connectivity index (χ3v) is 0.831. The lowest BCUT2D eigenvalue weighted by molar-refractivity contribution is 0.296. The second-order valence-corrected chi connectivity index (χ2v) is 1.69. The maximum atomic E-state index is 8.31. The van der Waals surface area contributed by atoms with Gasteiger partial charge < -0.3 is 20.8 Å². The van der Waals surface area contributed by atoms with Crippen LogP contribution >= 0.6 is 0 Å². The van der Waals surface area contributed by atoms with Crippen LogP contribution in [0.4, 0.5) is 0 Å². The molecule has 0 aliphatic carbocycles. The largest absolute Gasteiger partial charge is 0.395 e. The van der Waals surface area contributed by atoms with Gasteiger partial charge in [0.25, 0.3) is 0 Å². The Labute approximate surface area is 60.6 Å². The molecular weight excluding hydrogens is 132 g/mol. The molecule has 60 valence electrons. The molecule has 0 atom stereocenters. The summed E-state index contributed by atoms with van der Waals surface area (Å²) in [6.45, 7) is 1.36. The van der Waals surface area contributed by atoms with Crippen molar-refractivity contribution in [3.63, 3.8) is 0 Å². The summed E-state index contributed by atoms with van der Waals surface area (Å²) in [5, 5.41) is 22.3. The third kappa shape index (κ3) is 7.26. The van der Waals surface area contributed by atoms with Crippen LogP contribution < -0.4 is 10.6 Å². The van der Waals surface area contributed by atoms with E-state index in [2.05, 4.69) is 10.6 Å². The Morgan fingerprint density at radius 3 is 1.60 bits per heavy atom. The van der Waals surface area contributed by atoms with Crippen molar-refractivity contribution in [3.8, 4) is 0 Å². The van der Waals surface area contributed by atoms with E-state index < -0.39 is 0 Å². The SMILES string of the molecule is OCCN/C=C/NCCO. The van der Waals surface area contributed by atoms with E-state index in [1.807, 2.05) is 0 Å². The van der Waals surface area contributed by atoms with Crippen LogP contribution in [0.1, 0.15) is 0 Å². The summed E-state index contributed by atoms with van der Waals surface area (Å²) in [4.78, 5) is 0. The van der Waals surface area contributed by atoms with Gasteiger partial charge in [0.1, 0.15) is 0 Å². The van der Waals surface area contributed by atoms with Gasteiger partial charge in [0.05, 0.1) is 13.2 Å². The maximum Gasteiger partial charge on any atom is 0.0603 e. The molecule has 0 aliphatic heterocycles. The van der Waals surface area contributed by atoms with Crippen LogP contribution in [0.2, 0.25) is 0 Å². The first-order chi connectivity index (χ1) is 4.91. The molecule has 0 aromatic carbocycles. The second-order valence-electron chi connectivity index (χ2n) is 1.69. The molecule has 4 N–H and O–H groups in total. The first-order valence-electron chi connectivity index (χ1n) is 3.25. The zero-order valence-corrected chi connectivity index (χ0v) is 5.88. The van der Waals surface area contributed by atoms with Crippen molar-refractivity contribution in [1.29, 1.82) is 0 Å². The van der Waals surface area contributed by atoms with Crippen molar-refractivity contribution in [1.82, 2.24) is 10.6 Å². The van der Waals surface area contributed by atoms with Crippen LogP contribution in [0.15, 0.2) is 12.4 Å². The molecule has 0 fully saturated rings. The van der Waals surface area contributed by atoms with E-state index in [-0.39, 0.29) is 13.2 Å². The van der Waals surface area contributed by atoms with Gasteiger partial charge in [0.2, 0.25) is 0 Å². The minimum Gasteiger partial charge on any atom is -0.395 e. The van der Waals surface area contributed by atoms with Crippen molar-refractivity contribution >= 4 is 0 Å². The summed E-state index contributed by atoms with van der Waals surface area (Å²) in [6.07, 6.45) is 3.37. The zero-order chi connectivity index (χ0) is 7.66. The molecule has 10 heavy (non-hydrogen) atoms. The van der Waals surface area contributed by atoms with Crippen LogP contribution in [0.25, 0.3) is 0 Å². The molecule has 0 aliphatic rings. The minimum atomic E-state index is 0.129. The van der Waals surface area contributed by atoms with Crippen LogP contribution in [0, 0.1) is 0 Å². The van der Waals surface area contributed by atoms with E-state index in [0.717, 1.165) is 0 Å². The number of aliphatic hydroxyl groups excluding tert-OH is 2. The molecule has 0 bridgehead atoms. The van der Waals surface area contributed by atoms with Crippen LogP contribution in [-0.2, 0) is 0 Å². The van der Waals surface area contributed by atoms with E-state index in [1.54, 1.807) is 12.4 Å². The van der Waals surface area contributed by atoms with Crippen molar-refractivity contribution in [2.75, 3.05) is 26.3 Å². The summed E-state index contributed by atoms with van der Waals surface area (Å²) >= 11 is 0. The monoisotopic (exact) mass is 146 g/mol. The minimum absolute atomic E-state index is 0.129. The molecule has 4 nitrogen and oxygen atoms in total. The van der Waals surface area contributed by atoms with Crippen molar-refractivity contribution in [2.45, 2.75) is 0 Å². The lowest BCUT2D eigenvalue weighted by Crippen LogP contribution is -2.15. The van der Waals surface area contributed by atoms with Crippen LogP contribution in [0.3, 0.4) is 0 Å². The predicted octanol–water partition coefficient (Wildman–Crippen LogP) is -1.38. The Bertz CT molecular complexity index is 75.8. The first-order valence-corrected chi connectivity index (χ1v) is 3.25. The van der Waals surface area contributed by atoms with Gasteiger partial charge in [0.15, 0.2) is 0 Å². The number of rotatable bonds is 6. The van der Waals surface area contributed by atoms with Crippen LogP contribution in [0.5, 0.6) is 0 Å². The van der Waals surface area contributed by atoms with Crippen LogP contribution in [-0.4, -0.2) is 36.5 Å². The molecule has 0 aromatic rings. The average Bonchev–Trinajstić information content (AvgIpc) is 1.97. The highest BCUT2D eigenvalue weighted by molar-refractivity contribution is 4.76. The number of nitrogens with one attached hydrogen (secondary N) is 2. The topological polar surface area (TPSA) is 64.5 Å². The van der Waals surface area contributed by atoms with E-state index in [1.165, 1.54) is 0 Å². The number of hydrogen-bond donors (Lipinski definition) is 4. The smallest absolute Gasteiger partial charge is 0.0603 e. The molecule has 0 saturated carbocycles. The summed E-state index contributed by atoms with van der Waals surface area (Å²) in [6, 6.07) is 0. The molecule has 4 heteroatoms. The zero-order valence-electron chi connectivity index (χ0n) is 5.88. The standard InChI is InChI=1S/C6H14N2O2/c9-5-3-7-1-2-8-4-6-10/h1-2,7-10H,3-6H2/b2-1+. The van der Waals surface area contributed by atoms with Gasteiger partial charge in [-0.05, 0) is 0 Å². The van der Waals surface area contributed by atoms with E-state index >= 15 is 0 Å². The fraction of sp³-hybridized carbons (Fsp3) is 0.667. The van der Waals surface area contributed by atoms with E-state index in [4.69, 9.17) is 10.2 Å². The van der Waals surface area contributed by atoms with Crippen molar-refractivity contribution in [2.24, 2.45) is 0 Å². The lowest BCUT2D eigenvalue weighted by atomic mass is 10.6. The van der Waals surface area contributed by atoms with Crippen molar-refractivity contribution in [3.05, 3.63) is 12.4 Å². The molecule has 0 spiro atoms. The first kappa shape index (κ1) is 9.26. The maximum absolute atomic E-state index is 8.31. The molecule has 0 radical (unpaired) electrons. The Balaban J connectivity index is 2.89. The van der Waals surface area contributed by atoms with Gasteiger partial charge in [-0.1, -0.05) is 0 Å². The Morgan fingerprint density at radius 2 is 1.30 bits per heavy atom. The molecule has 0 amide bonds. The fourth-order valence-electron chi connectivity index (χ4n) is 0.414. The highest BCUT2D eigenvalue weighted by Crippen LogP contribution is 1.61. The predicted molar refractivity (Wildman–Crippen MR) is 39.3 cm³/mol. The highest BCUT2D eigenvalue weighted by atomic mass is 16.3. The summed E-state index contributed by atoms with van der Waals surface area (Å²) in [5.41, 5.74) is 0. The summed E-state index contributed by atoms with van der Waals surface area (Å²) in [7, 11) is 0. The summed E-state index contributed by atoms with van der Waals surface area (Å²) in [5.74, 6) is 0. The fourth-order valence-corrected chi connectivity index (χ4v) is 0.414. The Hall–Kier alpha value is -0.740. The molecule has 0 saturated heterocycles. The second kappa shape index (κ2) is 8.26. The molecule has 0 unspecified atom stereocenters. The summed E-state index contributed by atoms with van der Waals surface area (Å²) < 4.78 is 0. The average molecular weight is 146 g/mol. The molecule has 0 aromatic heterocycles. The third-order valence-electron chi connectivity index (χ3n) is 0.831. The molecule has 0 heterocycles. The normalized spacial score (nSPS) is 10.2. The van der Waals surface area contributed by atoms with Gasteiger partial charge >= 0.3 is 0 Å². The van der Waals surface area contributed by atoms with E-state index in [9.17, 15) is 0 Å².